The summed E-state index contributed by atoms with van der Waals surface area (Å²) < 4.78 is 5.59. The molecule has 126 valence electrons. The molecule has 0 bridgehead atoms. The van der Waals surface area contributed by atoms with Gasteiger partial charge in [0, 0.05) is 18.7 Å². The Bertz CT molecular complexity index is 710. The third kappa shape index (κ3) is 4.52. The number of nitrogens with zero attached hydrogens (tertiary/aromatic N) is 3. The molecule has 0 atom stereocenters. The minimum Gasteiger partial charge on any atom is -0.424 e. The van der Waals surface area contributed by atoms with Gasteiger partial charge >= 0.3 is 12.1 Å². The number of hydrogen-bond donors (Lipinski definition) is 1. The minimum atomic E-state index is -0.458. The van der Waals surface area contributed by atoms with Crippen LogP contribution in [0.25, 0.3) is 0 Å². The topological polar surface area (TPSA) is 83.4 Å². The summed E-state index contributed by atoms with van der Waals surface area (Å²) in [5, 5.41) is 2.26. The molecule has 2 rings (SSSR count). The lowest BCUT2D eigenvalue weighted by Gasteiger charge is -2.26. The maximum atomic E-state index is 11.8. The number of ether oxygens (including phenoxy) is 1. The van der Waals surface area contributed by atoms with E-state index in [1.807, 2.05) is 18.2 Å². The lowest BCUT2D eigenvalue weighted by atomic mass is 10.2. The summed E-state index contributed by atoms with van der Waals surface area (Å²) in [6.45, 7) is 7.54. The standard InChI is InChI=1S/C17H20N4O3/c1-4-13-6-5-7-14(10-13)24-16(18-3)19-11-12(2)21-9-8-15(22)20-17(21)23/h5-7,10-11H,3-4,8-9H2,1-2H3,(H,20,22,23)/b12-11+,19-16?. The molecule has 0 spiro atoms. The number of imide groups is 1. The van der Waals surface area contributed by atoms with Crippen molar-refractivity contribution >= 4 is 24.7 Å². The second-order valence-electron chi connectivity index (χ2n) is 5.20. The van der Waals surface area contributed by atoms with E-state index in [-0.39, 0.29) is 18.3 Å². The molecule has 1 N–H and O–H groups in total. The third-order valence-electron chi connectivity index (χ3n) is 3.49. The highest BCUT2D eigenvalue weighted by Gasteiger charge is 2.23. The SMILES string of the molecule is C=NC(=N/C=C(\C)N1CCC(=O)NC1=O)Oc1cccc(CC)c1. The first-order valence-electron chi connectivity index (χ1n) is 7.63. The summed E-state index contributed by atoms with van der Waals surface area (Å²) in [6.07, 6.45) is 2.61. The van der Waals surface area contributed by atoms with Crippen LogP contribution in [0.1, 0.15) is 25.8 Å². The molecule has 0 aliphatic carbocycles. The number of carbonyl (C=O) groups is 2. The molecule has 1 aliphatic heterocycles. The van der Waals surface area contributed by atoms with Gasteiger partial charge in [0.25, 0.3) is 0 Å². The first-order valence-corrected chi connectivity index (χ1v) is 7.63. The number of amides is 3. The number of aryl methyl sites for hydroxylation is 1. The monoisotopic (exact) mass is 328 g/mol. The van der Waals surface area contributed by atoms with Gasteiger partial charge in [-0.25, -0.2) is 14.8 Å². The second-order valence-corrected chi connectivity index (χ2v) is 5.20. The van der Waals surface area contributed by atoms with E-state index in [4.69, 9.17) is 4.74 Å². The number of rotatable bonds is 4. The number of amidine groups is 1. The van der Waals surface area contributed by atoms with Gasteiger partial charge in [0.15, 0.2) is 0 Å². The summed E-state index contributed by atoms with van der Waals surface area (Å²) in [4.78, 5) is 32.2. The van der Waals surface area contributed by atoms with Gasteiger partial charge in [-0.2, -0.15) is 0 Å². The average molecular weight is 328 g/mol. The Kier molecular flexibility index (Phi) is 5.83. The molecular formula is C17H20N4O3. The van der Waals surface area contributed by atoms with Gasteiger partial charge in [-0.1, -0.05) is 19.1 Å². The predicted molar refractivity (Wildman–Crippen MR) is 92.1 cm³/mol. The number of nitrogens with one attached hydrogen (secondary N) is 1. The van der Waals surface area contributed by atoms with Gasteiger partial charge in [0.2, 0.25) is 5.91 Å². The van der Waals surface area contributed by atoms with Gasteiger partial charge in [0.05, 0.1) is 6.20 Å². The van der Waals surface area contributed by atoms with E-state index in [2.05, 4.69) is 28.9 Å². The van der Waals surface area contributed by atoms with E-state index in [9.17, 15) is 9.59 Å². The Morgan fingerprint density at radius 3 is 2.92 bits per heavy atom. The highest BCUT2D eigenvalue weighted by atomic mass is 16.5. The molecule has 1 saturated heterocycles. The number of urea groups is 1. The maximum absolute atomic E-state index is 11.8. The zero-order chi connectivity index (χ0) is 17.5. The van der Waals surface area contributed by atoms with Crippen LogP contribution < -0.4 is 10.1 Å². The van der Waals surface area contributed by atoms with Crippen molar-refractivity contribution in [1.82, 2.24) is 10.2 Å². The summed E-state index contributed by atoms with van der Waals surface area (Å²) in [5.74, 6) is 0.341. The van der Waals surface area contributed by atoms with Crippen LogP contribution in [0.3, 0.4) is 0 Å². The van der Waals surface area contributed by atoms with E-state index in [1.165, 1.54) is 11.1 Å². The quantitative estimate of drug-likeness (QED) is 0.681. The second kappa shape index (κ2) is 8.05. The summed E-state index contributed by atoms with van der Waals surface area (Å²) >= 11 is 0. The molecule has 7 heteroatoms. The van der Waals surface area contributed by atoms with Gasteiger partial charge in [-0.3, -0.25) is 15.0 Å². The van der Waals surface area contributed by atoms with Crippen molar-refractivity contribution < 1.29 is 14.3 Å². The lowest BCUT2D eigenvalue weighted by molar-refractivity contribution is -0.121. The van der Waals surface area contributed by atoms with Crippen LogP contribution in [-0.4, -0.2) is 36.1 Å². The van der Waals surface area contributed by atoms with E-state index in [1.54, 1.807) is 13.0 Å². The molecule has 0 unspecified atom stereocenters. The maximum Gasteiger partial charge on any atom is 0.328 e. The lowest BCUT2D eigenvalue weighted by Crippen LogP contribution is -2.48. The highest BCUT2D eigenvalue weighted by molar-refractivity contribution is 5.97. The first-order chi connectivity index (χ1) is 11.5. The number of hydrogen-bond acceptors (Lipinski definition) is 4. The molecule has 0 saturated carbocycles. The highest BCUT2D eigenvalue weighted by Crippen LogP contribution is 2.15. The molecule has 3 amide bonds. The van der Waals surface area contributed by atoms with Crippen molar-refractivity contribution in [1.29, 1.82) is 0 Å². The molecule has 1 fully saturated rings. The van der Waals surface area contributed by atoms with E-state index >= 15 is 0 Å². The fraction of sp³-hybridized carbons (Fsp3) is 0.294. The minimum absolute atomic E-state index is 0.0797. The smallest absolute Gasteiger partial charge is 0.328 e. The molecule has 24 heavy (non-hydrogen) atoms. The Labute approximate surface area is 140 Å². The van der Waals surface area contributed by atoms with Gasteiger partial charge in [-0.05, 0) is 37.8 Å². The number of benzene rings is 1. The van der Waals surface area contributed by atoms with E-state index in [0.717, 1.165) is 12.0 Å². The zero-order valence-electron chi connectivity index (χ0n) is 13.8. The van der Waals surface area contributed by atoms with Crippen molar-refractivity contribution in [3.05, 3.63) is 41.7 Å². The zero-order valence-corrected chi connectivity index (χ0v) is 13.8. The Morgan fingerprint density at radius 1 is 1.46 bits per heavy atom. The molecule has 1 aliphatic rings. The molecule has 0 radical (unpaired) electrons. The van der Waals surface area contributed by atoms with Crippen molar-refractivity contribution in [3.63, 3.8) is 0 Å². The number of allylic oxidation sites excluding steroid dienone is 1. The largest absolute Gasteiger partial charge is 0.424 e. The molecular weight excluding hydrogens is 308 g/mol. The molecule has 7 nitrogen and oxygen atoms in total. The van der Waals surface area contributed by atoms with Crippen molar-refractivity contribution in [2.24, 2.45) is 9.98 Å². The van der Waals surface area contributed by atoms with Crippen molar-refractivity contribution in [3.8, 4) is 5.75 Å². The molecule has 1 aromatic rings. The van der Waals surface area contributed by atoms with Gasteiger partial charge < -0.3 is 4.74 Å². The van der Waals surface area contributed by atoms with Crippen molar-refractivity contribution in [2.75, 3.05) is 6.54 Å². The Morgan fingerprint density at radius 2 is 2.25 bits per heavy atom. The fourth-order valence-electron chi connectivity index (χ4n) is 2.15. The van der Waals surface area contributed by atoms with Crippen LogP contribution in [-0.2, 0) is 11.2 Å². The van der Waals surface area contributed by atoms with Crippen LogP contribution in [0.5, 0.6) is 5.75 Å². The normalized spacial score (nSPS) is 16.0. The Hall–Kier alpha value is -2.96. The molecule has 1 aromatic carbocycles. The van der Waals surface area contributed by atoms with Gasteiger partial charge in [-0.15, -0.1) is 0 Å². The fourth-order valence-corrected chi connectivity index (χ4v) is 2.15. The van der Waals surface area contributed by atoms with Crippen LogP contribution >= 0.6 is 0 Å². The Balaban J connectivity index is 2.10. The van der Waals surface area contributed by atoms with Crippen LogP contribution in [0, 0.1) is 0 Å². The summed E-state index contributed by atoms with van der Waals surface area (Å²) in [7, 11) is 0. The van der Waals surface area contributed by atoms with E-state index in [0.29, 0.717) is 18.0 Å². The summed E-state index contributed by atoms with van der Waals surface area (Å²) in [5.41, 5.74) is 1.71. The van der Waals surface area contributed by atoms with Crippen LogP contribution in [0.2, 0.25) is 0 Å². The van der Waals surface area contributed by atoms with Crippen LogP contribution in [0.15, 0.2) is 46.1 Å². The molecule has 1 heterocycles. The predicted octanol–water partition coefficient (Wildman–Crippen LogP) is 2.49. The average Bonchev–Trinajstić information content (AvgIpc) is 2.58. The summed E-state index contributed by atoms with van der Waals surface area (Å²) in [6, 6.07) is 7.23. The van der Waals surface area contributed by atoms with Crippen LogP contribution in [0.4, 0.5) is 4.79 Å². The van der Waals surface area contributed by atoms with Gasteiger partial charge in [0.1, 0.15) is 5.75 Å². The van der Waals surface area contributed by atoms with E-state index < -0.39 is 6.03 Å². The van der Waals surface area contributed by atoms with Crippen molar-refractivity contribution in [2.45, 2.75) is 26.7 Å². The number of aliphatic imine (C=N–C) groups is 2. The first kappa shape index (κ1) is 17.4. The third-order valence-corrected chi connectivity index (χ3v) is 3.49. The molecule has 0 aromatic heterocycles. The number of carbonyl (C=O) groups excluding carboxylic acids is 2.